The summed E-state index contributed by atoms with van der Waals surface area (Å²) in [5, 5.41) is 10.8. The first-order chi connectivity index (χ1) is 9.56. The Labute approximate surface area is 123 Å². The summed E-state index contributed by atoms with van der Waals surface area (Å²) >= 11 is 0. The second kappa shape index (κ2) is 4.35. The highest BCUT2D eigenvalue weighted by molar-refractivity contribution is 5.15. The van der Waals surface area contributed by atoms with Gasteiger partial charge in [0.2, 0.25) is 0 Å². The highest BCUT2D eigenvalue weighted by atomic mass is 16.3. The van der Waals surface area contributed by atoms with E-state index in [4.69, 9.17) is 0 Å². The zero-order valence-electron chi connectivity index (χ0n) is 13.1. The molecule has 4 aliphatic carbocycles. The lowest BCUT2D eigenvalue weighted by Gasteiger charge is -2.60. The van der Waals surface area contributed by atoms with Crippen molar-refractivity contribution in [1.29, 1.82) is 0 Å². The van der Waals surface area contributed by atoms with E-state index in [1.165, 1.54) is 44.9 Å². The Bertz CT molecular complexity index is 427. The summed E-state index contributed by atoms with van der Waals surface area (Å²) in [5.41, 5.74) is 0.807. The normalized spacial score (nSPS) is 57.9. The fraction of sp³-hybridized carbons (Fsp3) is 0.895. The van der Waals surface area contributed by atoms with Crippen molar-refractivity contribution in [2.24, 2.45) is 34.5 Å². The molecule has 1 N–H and O–H groups in total. The molecule has 3 fully saturated rings. The third-order valence-electron chi connectivity index (χ3n) is 8.07. The van der Waals surface area contributed by atoms with Crippen molar-refractivity contribution in [3.8, 4) is 0 Å². The summed E-state index contributed by atoms with van der Waals surface area (Å²) in [5.74, 6) is 3.27. The largest absolute Gasteiger partial charge is 0.392 e. The zero-order valence-corrected chi connectivity index (χ0v) is 13.1. The lowest BCUT2D eigenvalue weighted by Crippen LogP contribution is -2.56. The average molecular weight is 274 g/mol. The molecule has 0 aromatic rings. The van der Waals surface area contributed by atoms with Crippen LogP contribution in [0.1, 0.15) is 65.2 Å². The first-order valence-electron chi connectivity index (χ1n) is 8.90. The molecule has 4 aliphatic rings. The predicted molar refractivity (Wildman–Crippen MR) is 82.3 cm³/mol. The summed E-state index contributed by atoms with van der Waals surface area (Å²) in [4.78, 5) is 0. The van der Waals surface area contributed by atoms with Gasteiger partial charge in [-0.15, -0.1) is 0 Å². The van der Waals surface area contributed by atoms with Crippen LogP contribution in [-0.2, 0) is 0 Å². The molecule has 0 saturated heterocycles. The number of aliphatic hydroxyl groups excluding tert-OH is 1. The van der Waals surface area contributed by atoms with Crippen molar-refractivity contribution < 1.29 is 5.11 Å². The molecule has 20 heavy (non-hydrogen) atoms. The van der Waals surface area contributed by atoms with Gasteiger partial charge in [0.1, 0.15) is 0 Å². The summed E-state index contributed by atoms with van der Waals surface area (Å²) in [6, 6.07) is 0. The Morgan fingerprint density at radius 1 is 1.00 bits per heavy atom. The van der Waals surface area contributed by atoms with Crippen LogP contribution in [0.5, 0.6) is 0 Å². The topological polar surface area (TPSA) is 20.2 Å². The minimum atomic E-state index is -0.101. The van der Waals surface area contributed by atoms with Crippen molar-refractivity contribution in [2.75, 3.05) is 0 Å². The molecular weight excluding hydrogens is 244 g/mol. The predicted octanol–water partition coefficient (Wildman–Crippen LogP) is 4.56. The standard InChI is InChI=1S/C19H30O/c1-18-11-4-6-15(18)14-9-8-13-5-3-7-17(20)19(13,2)16(14)10-12-18/h3,5,13-17,20H,4,6-12H2,1-2H3/t13?,14-,15-,16-,17?,18-,19-/m0/s1. The number of fused-ring (bicyclic) bond motifs is 5. The molecule has 7 atom stereocenters. The summed E-state index contributed by atoms with van der Waals surface area (Å²) in [7, 11) is 0. The smallest absolute Gasteiger partial charge is 0.0636 e. The molecule has 0 heterocycles. The van der Waals surface area contributed by atoms with Gasteiger partial charge >= 0.3 is 0 Å². The minimum absolute atomic E-state index is 0.101. The van der Waals surface area contributed by atoms with E-state index in [2.05, 4.69) is 26.0 Å². The van der Waals surface area contributed by atoms with E-state index in [1.807, 2.05) is 0 Å². The Balaban J connectivity index is 1.70. The van der Waals surface area contributed by atoms with Gasteiger partial charge in [0.25, 0.3) is 0 Å². The van der Waals surface area contributed by atoms with Crippen LogP contribution in [0.15, 0.2) is 12.2 Å². The summed E-state index contributed by atoms with van der Waals surface area (Å²) in [6.45, 7) is 4.98. The van der Waals surface area contributed by atoms with Gasteiger partial charge in [-0.2, -0.15) is 0 Å². The Kier molecular flexibility index (Phi) is 2.91. The van der Waals surface area contributed by atoms with Crippen molar-refractivity contribution in [2.45, 2.75) is 71.3 Å². The van der Waals surface area contributed by atoms with Gasteiger partial charge in [0.05, 0.1) is 6.10 Å². The lowest BCUT2D eigenvalue weighted by molar-refractivity contribution is -0.133. The van der Waals surface area contributed by atoms with Crippen LogP contribution in [0.4, 0.5) is 0 Å². The molecule has 0 amide bonds. The average Bonchev–Trinajstić information content (AvgIpc) is 2.82. The maximum absolute atomic E-state index is 10.8. The molecule has 0 aromatic heterocycles. The fourth-order valence-corrected chi connectivity index (χ4v) is 6.84. The Morgan fingerprint density at radius 3 is 2.70 bits per heavy atom. The second-order valence-electron chi connectivity index (χ2n) is 8.69. The third kappa shape index (κ3) is 1.59. The second-order valence-corrected chi connectivity index (χ2v) is 8.69. The summed E-state index contributed by atoms with van der Waals surface area (Å²) in [6.07, 6.45) is 15.4. The SMILES string of the molecule is C[C@@]12CCC[C@H]1[C@@H]1CCC3C=CCC(O)[C@]3(C)[C@H]1CC2. The molecular formula is C19H30O. The number of hydrogen-bond acceptors (Lipinski definition) is 1. The van der Waals surface area contributed by atoms with E-state index in [0.717, 1.165) is 24.2 Å². The van der Waals surface area contributed by atoms with Gasteiger partial charge in [-0.05, 0) is 74.0 Å². The summed E-state index contributed by atoms with van der Waals surface area (Å²) < 4.78 is 0. The van der Waals surface area contributed by atoms with Crippen LogP contribution in [0.2, 0.25) is 0 Å². The van der Waals surface area contributed by atoms with Crippen molar-refractivity contribution in [1.82, 2.24) is 0 Å². The zero-order chi connectivity index (χ0) is 14.0. The maximum Gasteiger partial charge on any atom is 0.0636 e. The highest BCUT2D eigenvalue weighted by Gasteiger charge is 2.58. The van der Waals surface area contributed by atoms with Crippen LogP contribution in [-0.4, -0.2) is 11.2 Å². The molecule has 4 rings (SSSR count). The minimum Gasteiger partial charge on any atom is -0.392 e. The molecule has 0 spiro atoms. The van der Waals surface area contributed by atoms with Gasteiger partial charge < -0.3 is 5.11 Å². The molecule has 0 bridgehead atoms. The van der Waals surface area contributed by atoms with Gasteiger partial charge in [-0.25, -0.2) is 0 Å². The van der Waals surface area contributed by atoms with Gasteiger partial charge in [-0.3, -0.25) is 0 Å². The number of allylic oxidation sites excluding steroid dienone is 1. The molecule has 3 saturated carbocycles. The van der Waals surface area contributed by atoms with Gasteiger partial charge in [-0.1, -0.05) is 32.4 Å². The molecule has 112 valence electrons. The van der Waals surface area contributed by atoms with Crippen LogP contribution in [0.3, 0.4) is 0 Å². The van der Waals surface area contributed by atoms with Crippen LogP contribution < -0.4 is 0 Å². The van der Waals surface area contributed by atoms with E-state index in [-0.39, 0.29) is 11.5 Å². The highest BCUT2D eigenvalue weighted by Crippen LogP contribution is 2.65. The Hall–Kier alpha value is -0.300. The molecule has 1 nitrogen and oxygen atoms in total. The monoisotopic (exact) mass is 274 g/mol. The third-order valence-corrected chi connectivity index (χ3v) is 8.07. The van der Waals surface area contributed by atoms with Crippen molar-refractivity contribution >= 4 is 0 Å². The number of aliphatic hydroxyl groups is 1. The van der Waals surface area contributed by atoms with Crippen LogP contribution >= 0.6 is 0 Å². The molecule has 1 heteroatoms. The van der Waals surface area contributed by atoms with E-state index in [9.17, 15) is 5.11 Å². The van der Waals surface area contributed by atoms with Gasteiger partial charge in [0, 0.05) is 5.41 Å². The van der Waals surface area contributed by atoms with Crippen LogP contribution in [0.25, 0.3) is 0 Å². The maximum atomic E-state index is 10.8. The van der Waals surface area contributed by atoms with E-state index < -0.39 is 0 Å². The number of hydrogen-bond donors (Lipinski definition) is 1. The first kappa shape index (κ1) is 13.4. The first-order valence-corrected chi connectivity index (χ1v) is 8.90. The van der Waals surface area contributed by atoms with Crippen molar-refractivity contribution in [3.63, 3.8) is 0 Å². The fourth-order valence-electron chi connectivity index (χ4n) is 6.84. The van der Waals surface area contributed by atoms with E-state index in [0.29, 0.717) is 11.3 Å². The molecule has 0 aliphatic heterocycles. The molecule has 0 aromatic carbocycles. The number of rotatable bonds is 0. The molecule has 2 unspecified atom stereocenters. The quantitative estimate of drug-likeness (QED) is 0.642. The van der Waals surface area contributed by atoms with Gasteiger partial charge in [0.15, 0.2) is 0 Å². The lowest BCUT2D eigenvalue weighted by atomic mass is 9.45. The molecule has 0 radical (unpaired) electrons. The van der Waals surface area contributed by atoms with E-state index in [1.54, 1.807) is 0 Å². The van der Waals surface area contributed by atoms with Crippen LogP contribution in [0, 0.1) is 34.5 Å². The van der Waals surface area contributed by atoms with Crippen molar-refractivity contribution in [3.05, 3.63) is 12.2 Å². The Morgan fingerprint density at radius 2 is 1.85 bits per heavy atom. The van der Waals surface area contributed by atoms with E-state index >= 15 is 0 Å².